The lowest BCUT2D eigenvalue weighted by atomic mass is 9.93. The standard InChI is InChI=1S/C30H32NO5/c1-3-4-5-6-7-8-9-26(32)36-30-23-17-31-15-14-19-16-25-29(35-18-34-25)22-11-10-21(28(31)27(19)22)20(23)12-13-24(30)33-2/h10-13,16-17H,3-9,14-15,18H2,1-2H3/q+1. The molecule has 186 valence electrons. The first-order chi connectivity index (χ1) is 17.7. The maximum atomic E-state index is 12.8. The number of methoxy groups -OCH3 is 1. The van der Waals surface area contributed by atoms with E-state index in [4.69, 9.17) is 18.9 Å². The smallest absolute Gasteiger partial charge is 0.311 e. The van der Waals surface area contributed by atoms with E-state index in [9.17, 15) is 4.79 Å². The summed E-state index contributed by atoms with van der Waals surface area (Å²) >= 11 is 0. The van der Waals surface area contributed by atoms with Crippen LogP contribution in [-0.2, 0) is 17.8 Å². The maximum absolute atomic E-state index is 12.8. The van der Waals surface area contributed by atoms with Crippen molar-refractivity contribution in [3.05, 3.63) is 42.1 Å². The molecule has 2 aliphatic heterocycles. The molecule has 0 spiro atoms. The van der Waals surface area contributed by atoms with Gasteiger partial charge in [0.05, 0.1) is 23.3 Å². The molecule has 0 fully saturated rings. The fraction of sp³-hybridized carbons (Fsp3) is 0.400. The van der Waals surface area contributed by atoms with Crippen LogP contribution < -0.4 is 23.5 Å². The van der Waals surface area contributed by atoms with E-state index < -0.39 is 0 Å². The van der Waals surface area contributed by atoms with Crippen LogP contribution in [0.3, 0.4) is 0 Å². The van der Waals surface area contributed by atoms with Crippen molar-refractivity contribution >= 4 is 38.4 Å². The van der Waals surface area contributed by atoms with Gasteiger partial charge in [0.15, 0.2) is 35.7 Å². The molecule has 0 saturated heterocycles. The first-order valence-electron chi connectivity index (χ1n) is 13.1. The molecule has 3 aromatic carbocycles. The third-order valence-corrected chi connectivity index (χ3v) is 7.51. The number of fused-ring (bicyclic) bond motifs is 4. The second-order valence-electron chi connectivity index (χ2n) is 9.78. The fourth-order valence-corrected chi connectivity index (χ4v) is 5.72. The van der Waals surface area contributed by atoms with Crippen LogP contribution in [0.2, 0.25) is 0 Å². The van der Waals surface area contributed by atoms with Crippen molar-refractivity contribution in [3.63, 3.8) is 0 Å². The molecule has 0 radical (unpaired) electrons. The topological polar surface area (TPSA) is 57.9 Å². The van der Waals surface area contributed by atoms with Crippen LogP contribution in [0.5, 0.6) is 23.0 Å². The second-order valence-corrected chi connectivity index (χ2v) is 9.78. The highest BCUT2D eigenvalue weighted by molar-refractivity contribution is 6.17. The number of unbranched alkanes of at least 4 members (excludes halogenated alkanes) is 5. The van der Waals surface area contributed by atoms with Crippen LogP contribution >= 0.6 is 0 Å². The molecule has 0 unspecified atom stereocenters. The zero-order valence-corrected chi connectivity index (χ0v) is 21.0. The number of carbonyl (C=O) groups excluding carboxylic acids is 1. The summed E-state index contributed by atoms with van der Waals surface area (Å²) in [6, 6.07) is 10.4. The quantitative estimate of drug-likeness (QED) is 0.0903. The van der Waals surface area contributed by atoms with Crippen molar-refractivity contribution in [2.75, 3.05) is 13.9 Å². The van der Waals surface area contributed by atoms with E-state index in [0.29, 0.717) is 17.9 Å². The van der Waals surface area contributed by atoms with Gasteiger partial charge in [0.2, 0.25) is 12.3 Å². The van der Waals surface area contributed by atoms with Gasteiger partial charge < -0.3 is 18.9 Å². The Kier molecular flexibility index (Phi) is 6.04. The molecule has 6 rings (SSSR count). The number of esters is 1. The number of nitrogens with zero attached hydrogens (tertiary/aromatic N) is 1. The Hall–Kier alpha value is -3.54. The minimum atomic E-state index is -0.205. The van der Waals surface area contributed by atoms with E-state index in [0.717, 1.165) is 58.9 Å². The molecule has 2 aliphatic rings. The summed E-state index contributed by atoms with van der Waals surface area (Å²) in [5, 5.41) is 5.34. The number of hydrogen-bond acceptors (Lipinski definition) is 5. The number of ether oxygens (including phenoxy) is 4. The highest BCUT2D eigenvalue weighted by Gasteiger charge is 2.30. The van der Waals surface area contributed by atoms with E-state index in [1.54, 1.807) is 7.11 Å². The van der Waals surface area contributed by atoms with E-state index in [1.807, 2.05) is 6.07 Å². The molecule has 4 aromatic rings. The van der Waals surface area contributed by atoms with E-state index in [-0.39, 0.29) is 12.8 Å². The number of hydrogen-bond donors (Lipinski definition) is 0. The molecular weight excluding hydrogens is 454 g/mol. The number of aromatic nitrogens is 1. The molecule has 3 heterocycles. The van der Waals surface area contributed by atoms with Gasteiger partial charge in [-0.1, -0.05) is 39.0 Å². The number of benzene rings is 3. The van der Waals surface area contributed by atoms with Crippen molar-refractivity contribution in [2.45, 2.75) is 64.8 Å². The molecule has 0 aliphatic carbocycles. The average Bonchev–Trinajstić information content (AvgIpc) is 3.37. The molecule has 0 N–H and O–H groups in total. The predicted octanol–water partition coefficient (Wildman–Crippen LogP) is 6.38. The molecule has 0 atom stereocenters. The first-order valence-corrected chi connectivity index (χ1v) is 13.1. The number of rotatable bonds is 9. The summed E-state index contributed by atoms with van der Waals surface area (Å²) in [7, 11) is 1.62. The summed E-state index contributed by atoms with van der Waals surface area (Å²) in [6.07, 6.45) is 10.2. The molecule has 6 heteroatoms. The Balaban J connectivity index is 1.41. The largest absolute Gasteiger partial charge is 0.493 e. The highest BCUT2D eigenvalue weighted by atomic mass is 16.7. The molecule has 0 amide bonds. The second kappa shape index (κ2) is 9.49. The zero-order valence-electron chi connectivity index (χ0n) is 21.0. The van der Waals surface area contributed by atoms with E-state index >= 15 is 0 Å². The zero-order chi connectivity index (χ0) is 24.6. The molecule has 1 aromatic heterocycles. The summed E-state index contributed by atoms with van der Waals surface area (Å²) in [5.41, 5.74) is 2.45. The molecule has 0 saturated carbocycles. The normalized spacial score (nSPS) is 13.7. The van der Waals surface area contributed by atoms with Crippen LogP contribution in [0.15, 0.2) is 36.5 Å². The number of aryl methyl sites for hydroxylation is 2. The summed E-state index contributed by atoms with van der Waals surface area (Å²) in [4.78, 5) is 12.8. The van der Waals surface area contributed by atoms with Gasteiger partial charge in [0, 0.05) is 23.6 Å². The third kappa shape index (κ3) is 3.80. The molecule has 6 nitrogen and oxygen atoms in total. The van der Waals surface area contributed by atoms with Gasteiger partial charge in [0.1, 0.15) is 0 Å². The monoisotopic (exact) mass is 486 g/mol. The van der Waals surface area contributed by atoms with Gasteiger partial charge in [-0.2, -0.15) is 4.57 Å². The lowest BCUT2D eigenvalue weighted by Gasteiger charge is -2.18. The first kappa shape index (κ1) is 22.9. The van der Waals surface area contributed by atoms with Crippen LogP contribution in [0.25, 0.3) is 32.4 Å². The van der Waals surface area contributed by atoms with Crippen LogP contribution in [0.1, 0.15) is 57.4 Å². The van der Waals surface area contributed by atoms with Gasteiger partial charge in [-0.05, 0) is 42.3 Å². The van der Waals surface area contributed by atoms with Crippen molar-refractivity contribution in [2.24, 2.45) is 0 Å². The van der Waals surface area contributed by atoms with Crippen LogP contribution in [0.4, 0.5) is 0 Å². The molecule has 0 bridgehead atoms. The van der Waals surface area contributed by atoms with Gasteiger partial charge >= 0.3 is 5.97 Å². The minimum absolute atomic E-state index is 0.205. The van der Waals surface area contributed by atoms with Crippen molar-refractivity contribution < 1.29 is 28.3 Å². The maximum Gasteiger partial charge on any atom is 0.311 e. The lowest BCUT2D eigenvalue weighted by Crippen LogP contribution is -2.38. The molecule has 36 heavy (non-hydrogen) atoms. The summed E-state index contributed by atoms with van der Waals surface area (Å²) < 4.78 is 25.4. The van der Waals surface area contributed by atoms with Crippen molar-refractivity contribution in [1.82, 2.24) is 0 Å². The average molecular weight is 487 g/mol. The van der Waals surface area contributed by atoms with E-state index in [1.165, 1.54) is 42.1 Å². The predicted molar refractivity (Wildman–Crippen MR) is 139 cm³/mol. The number of pyridine rings is 1. The Morgan fingerprint density at radius 3 is 2.64 bits per heavy atom. The van der Waals surface area contributed by atoms with E-state index in [2.05, 4.69) is 42.0 Å². The lowest BCUT2D eigenvalue weighted by molar-refractivity contribution is -0.670. The minimum Gasteiger partial charge on any atom is -0.493 e. The van der Waals surface area contributed by atoms with Crippen molar-refractivity contribution in [3.8, 4) is 23.0 Å². The Labute approximate surface area is 210 Å². The summed E-state index contributed by atoms with van der Waals surface area (Å²) in [5.74, 6) is 2.53. The SMILES string of the molecule is CCCCCCCCC(=O)Oc1c(OC)ccc2c1c[n+]1c3c2ccc2c4c(cc(c23)CC1)OCO4. The highest BCUT2D eigenvalue weighted by Crippen LogP contribution is 2.46. The van der Waals surface area contributed by atoms with Gasteiger partial charge in [-0.15, -0.1) is 0 Å². The van der Waals surface area contributed by atoms with Gasteiger partial charge in [-0.3, -0.25) is 4.79 Å². The Bertz CT molecular complexity index is 1490. The van der Waals surface area contributed by atoms with Gasteiger partial charge in [-0.25, -0.2) is 0 Å². The Morgan fingerprint density at radius 1 is 0.972 bits per heavy atom. The third-order valence-electron chi connectivity index (χ3n) is 7.51. The Morgan fingerprint density at radius 2 is 1.78 bits per heavy atom. The summed E-state index contributed by atoms with van der Waals surface area (Å²) in [6.45, 7) is 3.30. The van der Waals surface area contributed by atoms with Crippen molar-refractivity contribution in [1.29, 1.82) is 0 Å². The van der Waals surface area contributed by atoms with Crippen LogP contribution in [-0.4, -0.2) is 19.9 Å². The molecular formula is C30H32NO5+. The van der Waals surface area contributed by atoms with Crippen LogP contribution in [0, 0.1) is 0 Å². The number of carbonyl (C=O) groups is 1. The van der Waals surface area contributed by atoms with Gasteiger partial charge in [0.25, 0.3) is 0 Å². The fourth-order valence-electron chi connectivity index (χ4n) is 5.72.